The zero-order valence-electron chi connectivity index (χ0n) is 9.85. The van der Waals surface area contributed by atoms with Gasteiger partial charge in [0, 0.05) is 5.56 Å². The van der Waals surface area contributed by atoms with Crippen LogP contribution in [0.15, 0.2) is 66.7 Å². The Hall–Kier alpha value is -1.66. The van der Waals surface area contributed by atoms with Crippen LogP contribution >= 0.6 is 0 Å². The average Bonchev–Trinajstić information content (AvgIpc) is 2.37. The van der Waals surface area contributed by atoms with Crippen LogP contribution in [-0.4, -0.2) is 0 Å². The second-order valence-electron chi connectivity index (χ2n) is 3.29. The van der Waals surface area contributed by atoms with E-state index in [1.165, 1.54) is 0 Å². The Labute approximate surface area is 115 Å². The molecular weight excluding hydrogens is 199 g/mol. The number of hydrogen-bond donors (Lipinski definition) is 0. The molecule has 0 heterocycles. The van der Waals surface area contributed by atoms with Gasteiger partial charge in [-0.2, -0.15) is 5.92 Å². The Bertz CT molecular complexity index is 516. The van der Waals surface area contributed by atoms with E-state index in [1.54, 1.807) is 6.08 Å². The van der Waals surface area contributed by atoms with E-state index in [0.717, 1.165) is 11.1 Å². The van der Waals surface area contributed by atoms with Crippen molar-refractivity contribution < 1.29 is 18.9 Å². The van der Waals surface area contributed by atoms with Gasteiger partial charge in [0.1, 0.15) is 0 Å². The van der Waals surface area contributed by atoms with Crippen molar-refractivity contribution in [3.63, 3.8) is 0 Å². The summed E-state index contributed by atoms with van der Waals surface area (Å²) in [4.78, 5) is 0. The van der Waals surface area contributed by atoms with Crippen LogP contribution in [0.25, 0.3) is 0 Å². The first-order valence-electron chi connectivity index (χ1n) is 5.15. The molecule has 0 aliphatic heterocycles. The van der Waals surface area contributed by atoms with Gasteiger partial charge in [0.05, 0.1) is 0 Å². The molecule has 0 amide bonds. The van der Waals surface area contributed by atoms with Crippen LogP contribution in [0.3, 0.4) is 0 Å². The minimum absolute atomic E-state index is 0. The van der Waals surface area contributed by atoms with Gasteiger partial charge < -0.3 is 0 Å². The standard InChI is InChI=1S/C16H11.Li/c1-3-9-15(10-4-1)13-7-8-14-16-11-5-2-6-12-16;/h1-7,9-12H;/q-1;+1. The molecule has 0 saturated carbocycles. The molecule has 0 bridgehead atoms. The fourth-order valence-corrected chi connectivity index (χ4v) is 1.29. The SMILES string of the molecule is C(#Cc1ccccc1)C=[C-]c1ccccc1.[Li+]. The van der Waals surface area contributed by atoms with Gasteiger partial charge in [0.15, 0.2) is 0 Å². The Morgan fingerprint density at radius 2 is 1.41 bits per heavy atom. The van der Waals surface area contributed by atoms with Gasteiger partial charge in [-0.05, 0) is 12.1 Å². The van der Waals surface area contributed by atoms with Gasteiger partial charge in [-0.3, -0.25) is 0 Å². The van der Waals surface area contributed by atoms with E-state index in [4.69, 9.17) is 0 Å². The second-order valence-corrected chi connectivity index (χ2v) is 3.29. The first-order chi connectivity index (χ1) is 7.95. The second kappa shape index (κ2) is 7.58. The molecule has 0 aliphatic rings. The summed E-state index contributed by atoms with van der Waals surface area (Å²) in [5.41, 5.74) is 2.07. The van der Waals surface area contributed by atoms with Crippen molar-refractivity contribution in [2.45, 2.75) is 0 Å². The number of hydrogen-bond acceptors (Lipinski definition) is 0. The van der Waals surface area contributed by atoms with Crippen LogP contribution in [-0.2, 0) is 0 Å². The van der Waals surface area contributed by atoms with Gasteiger partial charge in [-0.25, -0.2) is 0 Å². The van der Waals surface area contributed by atoms with Gasteiger partial charge in [0.25, 0.3) is 0 Å². The molecule has 0 aliphatic carbocycles. The molecular formula is C16H11Li. The third-order valence-electron chi connectivity index (χ3n) is 2.08. The zero-order valence-corrected chi connectivity index (χ0v) is 9.85. The van der Waals surface area contributed by atoms with Crippen LogP contribution in [0, 0.1) is 17.9 Å². The molecule has 17 heavy (non-hydrogen) atoms. The molecule has 76 valence electrons. The van der Waals surface area contributed by atoms with Crippen LogP contribution in [0.1, 0.15) is 11.1 Å². The third-order valence-corrected chi connectivity index (χ3v) is 2.08. The fraction of sp³-hybridized carbons (Fsp3) is 0. The largest absolute Gasteiger partial charge is 1.00 e. The monoisotopic (exact) mass is 210 g/mol. The maximum absolute atomic E-state index is 3.12. The van der Waals surface area contributed by atoms with Crippen molar-refractivity contribution in [3.8, 4) is 11.8 Å². The van der Waals surface area contributed by atoms with Crippen molar-refractivity contribution in [2.24, 2.45) is 0 Å². The van der Waals surface area contributed by atoms with Crippen molar-refractivity contribution in [2.75, 3.05) is 0 Å². The normalized spacial score (nSPS) is 9.18. The summed E-state index contributed by atoms with van der Waals surface area (Å²) in [7, 11) is 0. The number of rotatable bonds is 1. The minimum atomic E-state index is 0. The molecule has 0 radical (unpaired) electrons. The van der Waals surface area contributed by atoms with E-state index >= 15 is 0 Å². The topological polar surface area (TPSA) is 0 Å². The van der Waals surface area contributed by atoms with E-state index in [9.17, 15) is 0 Å². The maximum atomic E-state index is 3.12. The van der Waals surface area contributed by atoms with Gasteiger partial charge in [0.2, 0.25) is 0 Å². The molecule has 0 saturated heterocycles. The number of allylic oxidation sites excluding steroid dienone is 1. The Balaban J connectivity index is 0.00000144. The summed E-state index contributed by atoms with van der Waals surface area (Å²) in [5.74, 6) is 6.01. The molecule has 2 aromatic rings. The number of benzene rings is 2. The first kappa shape index (κ1) is 13.4. The Morgan fingerprint density at radius 3 is 2.06 bits per heavy atom. The predicted octanol–water partition coefficient (Wildman–Crippen LogP) is 0.450. The molecule has 0 nitrogen and oxygen atoms in total. The summed E-state index contributed by atoms with van der Waals surface area (Å²) in [6, 6.07) is 19.9. The van der Waals surface area contributed by atoms with Gasteiger partial charge >= 0.3 is 18.9 Å². The average molecular weight is 210 g/mol. The molecule has 0 fully saturated rings. The molecule has 1 heteroatoms. The minimum Gasteiger partial charge on any atom is -0.184 e. The van der Waals surface area contributed by atoms with E-state index < -0.39 is 0 Å². The summed E-state index contributed by atoms with van der Waals surface area (Å²) in [6.45, 7) is 0. The van der Waals surface area contributed by atoms with Crippen LogP contribution < -0.4 is 18.9 Å². The smallest absolute Gasteiger partial charge is 0.184 e. The van der Waals surface area contributed by atoms with Gasteiger partial charge in [-0.15, -0.1) is 47.9 Å². The fourth-order valence-electron chi connectivity index (χ4n) is 1.29. The van der Waals surface area contributed by atoms with Crippen LogP contribution in [0.4, 0.5) is 0 Å². The van der Waals surface area contributed by atoms with Gasteiger partial charge in [-0.1, -0.05) is 24.3 Å². The summed E-state index contributed by atoms with van der Waals surface area (Å²) < 4.78 is 0. The molecule has 0 aromatic heterocycles. The van der Waals surface area contributed by atoms with E-state index in [1.807, 2.05) is 60.7 Å². The molecule has 0 unspecified atom stereocenters. The Kier molecular flexibility index (Phi) is 5.98. The zero-order chi connectivity index (χ0) is 11.1. The predicted molar refractivity (Wildman–Crippen MR) is 66.7 cm³/mol. The van der Waals surface area contributed by atoms with Crippen molar-refractivity contribution in [3.05, 3.63) is 83.9 Å². The van der Waals surface area contributed by atoms with Crippen molar-refractivity contribution in [1.29, 1.82) is 0 Å². The van der Waals surface area contributed by atoms with Crippen molar-refractivity contribution >= 4 is 0 Å². The van der Waals surface area contributed by atoms with Crippen molar-refractivity contribution in [1.82, 2.24) is 0 Å². The molecule has 2 aromatic carbocycles. The quantitative estimate of drug-likeness (QED) is 0.364. The molecule has 0 N–H and O–H groups in total. The Morgan fingerprint density at radius 1 is 0.824 bits per heavy atom. The maximum Gasteiger partial charge on any atom is 1.00 e. The molecule has 0 spiro atoms. The van der Waals surface area contributed by atoms with E-state index in [-0.39, 0.29) is 18.9 Å². The molecule has 2 rings (SSSR count). The summed E-state index contributed by atoms with van der Waals surface area (Å²) >= 11 is 0. The summed E-state index contributed by atoms with van der Waals surface area (Å²) in [6.07, 6.45) is 4.87. The van der Waals surface area contributed by atoms with E-state index in [2.05, 4.69) is 17.9 Å². The molecule has 0 atom stereocenters. The summed E-state index contributed by atoms with van der Waals surface area (Å²) in [5, 5.41) is 0. The first-order valence-corrected chi connectivity index (χ1v) is 5.15. The van der Waals surface area contributed by atoms with Crippen LogP contribution in [0.5, 0.6) is 0 Å². The third kappa shape index (κ3) is 4.79. The van der Waals surface area contributed by atoms with Crippen LogP contribution in [0.2, 0.25) is 0 Å². The van der Waals surface area contributed by atoms with E-state index in [0.29, 0.717) is 0 Å².